The second kappa shape index (κ2) is 5.02. The second-order valence-electron chi connectivity index (χ2n) is 3.29. The van der Waals surface area contributed by atoms with Crippen molar-refractivity contribution in [3.63, 3.8) is 0 Å². The van der Waals surface area contributed by atoms with Crippen LogP contribution in [-0.2, 0) is 0 Å². The summed E-state index contributed by atoms with van der Waals surface area (Å²) in [6, 6.07) is 5.20. The fourth-order valence-electron chi connectivity index (χ4n) is 1.40. The van der Waals surface area contributed by atoms with Gasteiger partial charge < -0.3 is 9.47 Å². The lowest BCUT2D eigenvalue weighted by molar-refractivity contribution is 0.370. The van der Waals surface area contributed by atoms with Gasteiger partial charge in [0.05, 0.1) is 20.3 Å². The number of nitriles is 2. The molecular weight excluding hydrogens is 248 g/mol. The number of methoxy groups -OCH3 is 2. The molecule has 0 aromatic carbocycles. The van der Waals surface area contributed by atoms with Gasteiger partial charge in [0.25, 0.3) is 0 Å². The normalized spacial score (nSPS) is 9.47. The summed E-state index contributed by atoms with van der Waals surface area (Å²) in [7, 11) is 2.90. The molecule has 19 heavy (non-hydrogen) atoms. The predicted octanol–water partition coefficient (Wildman–Crippen LogP) is 0.423. The topological polar surface area (TPSA) is 110 Å². The quantitative estimate of drug-likeness (QED) is 0.782. The van der Waals surface area contributed by atoms with Gasteiger partial charge in [0.2, 0.25) is 17.7 Å². The molecular formula is C11H8N6O2. The summed E-state index contributed by atoms with van der Waals surface area (Å²) in [6.07, 6.45) is 1.30. The maximum Gasteiger partial charge on any atom is 0.242 e. The Morgan fingerprint density at radius 2 is 1.74 bits per heavy atom. The van der Waals surface area contributed by atoms with Crippen molar-refractivity contribution in [3.05, 3.63) is 23.8 Å². The van der Waals surface area contributed by atoms with Gasteiger partial charge in [-0.1, -0.05) is 0 Å². The van der Waals surface area contributed by atoms with Crippen LogP contribution in [0.4, 0.5) is 0 Å². The van der Waals surface area contributed by atoms with Crippen molar-refractivity contribution in [2.75, 3.05) is 14.2 Å². The van der Waals surface area contributed by atoms with E-state index in [1.807, 2.05) is 12.1 Å². The van der Waals surface area contributed by atoms with E-state index >= 15 is 0 Å². The van der Waals surface area contributed by atoms with Crippen molar-refractivity contribution < 1.29 is 9.47 Å². The van der Waals surface area contributed by atoms with Crippen LogP contribution in [0.3, 0.4) is 0 Å². The summed E-state index contributed by atoms with van der Waals surface area (Å²) in [5, 5.41) is 17.9. The third-order valence-electron chi connectivity index (χ3n) is 2.28. The summed E-state index contributed by atoms with van der Waals surface area (Å²) >= 11 is 0. The van der Waals surface area contributed by atoms with Crippen molar-refractivity contribution in [1.82, 2.24) is 19.5 Å². The Bertz CT molecular complexity index is 672. The molecule has 8 nitrogen and oxygen atoms in total. The Hall–Kier alpha value is -3.13. The molecule has 0 atom stereocenters. The molecule has 0 spiro atoms. The monoisotopic (exact) mass is 256 g/mol. The summed E-state index contributed by atoms with van der Waals surface area (Å²) in [4.78, 5) is 12.0. The molecule has 0 aliphatic carbocycles. The summed E-state index contributed by atoms with van der Waals surface area (Å²) in [5.41, 5.74) is 0.0608. The van der Waals surface area contributed by atoms with E-state index in [0.29, 0.717) is 0 Å². The van der Waals surface area contributed by atoms with E-state index in [1.54, 1.807) is 0 Å². The number of ether oxygens (including phenoxy) is 2. The fourth-order valence-corrected chi connectivity index (χ4v) is 1.40. The van der Waals surface area contributed by atoms with Crippen LogP contribution in [0.25, 0.3) is 5.95 Å². The first-order valence-corrected chi connectivity index (χ1v) is 5.08. The summed E-state index contributed by atoms with van der Waals surface area (Å²) in [6.45, 7) is 0. The molecule has 2 heterocycles. The molecule has 2 aromatic heterocycles. The van der Waals surface area contributed by atoms with Crippen LogP contribution in [0.15, 0.2) is 12.4 Å². The smallest absolute Gasteiger partial charge is 0.242 e. The molecule has 0 aliphatic rings. The molecule has 0 radical (unpaired) electrons. The second-order valence-corrected chi connectivity index (χ2v) is 3.29. The minimum Gasteiger partial charge on any atom is -0.481 e. The lowest BCUT2D eigenvalue weighted by atomic mass is 10.3. The average Bonchev–Trinajstić information content (AvgIpc) is 2.89. The number of nitrogens with zero attached hydrogens (tertiary/aromatic N) is 6. The Kier molecular flexibility index (Phi) is 3.26. The molecule has 94 valence electrons. The van der Waals surface area contributed by atoms with E-state index in [9.17, 15) is 0 Å². The maximum absolute atomic E-state index is 9.05. The zero-order chi connectivity index (χ0) is 13.8. The molecule has 0 amide bonds. The van der Waals surface area contributed by atoms with Gasteiger partial charge in [-0.05, 0) is 0 Å². The van der Waals surface area contributed by atoms with Crippen molar-refractivity contribution in [3.8, 4) is 29.8 Å². The van der Waals surface area contributed by atoms with E-state index in [4.69, 9.17) is 20.0 Å². The van der Waals surface area contributed by atoms with E-state index in [0.717, 1.165) is 0 Å². The number of hydrogen-bond acceptors (Lipinski definition) is 7. The van der Waals surface area contributed by atoms with E-state index in [2.05, 4.69) is 15.0 Å². The number of aromatic nitrogens is 4. The average molecular weight is 256 g/mol. The van der Waals surface area contributed by atoms with E-state index in [1.165, 1.54) is 31.2 Å². The lowest BCUT2D eigenvalue weighted by Gasteiger charge is -2.06. The van der Waals surface area contributed by atoms with E-state index in [-0.39, 0.29) is 29.1 Å². The Morgan fingerprint density at radius 1 is 1.11 bits per heavy atom. The van der Waals surface area contributed by atoms with Gasteiger partial charge in [-0.3, -0.25) is 4.57 Å². The highest BCUT2D eigenvalue weighted by atomic mass is 16.5. The summed E-state index contributed by atoms with van der Waals surface area (Å²) < 4.78 is 11.3. The van der Waals surface area contributed by atoms with Crippen molar-refractivity contribution in [2.24, 2.45) is 0 Å². The summed E-state index contributed by atoms with van der Waals surface area (Å²) in [5.74, 6) is 0.692. The minimum absolute atomic E-state index is 0.00730. The molecule has 0 saturated carbocycles. The van der Waals surface area contributed by atoms with Crippen LogP contribution in [0.2, 0.25) is 0 Å². The molecule has 2 aromatic rings. The minimum atomic E-state index is 0.00730. The first kappa shape index (κ1) is 12.3. The van der Waals surface area contributed by atoms with E-state index < -0.39 is 0 Å². The SMILES string of the molecule is COc1cc(OC)nc(-n2cnc(C#N)c2C#N)n1. The van der Waals surface area contributed by atoms with Crippen molar-refractivity contribution in [2.45, 2.75) is 0 Å². The highest BCUT2D eigenvalue weighted by molar-refractivity contribution is 5.41. The van der Waals surface area contributed by atoms with Gasteiger partial charge in [0, 0.05) is 0 Å². The van der Waals surface area contributed by atoms with Crippen LogP contribution in [0.1, 0.15) is 11.4 Å². The Morgan fingerprint density at radius 3 is 2.21 bits per heavy atom. The molecule has 0 fully saturated rings. The lowest BCUT2D eigenvalue weighted by Crippen LogP contribution is -2.05. The third kappa shape index (κ3) is 2.15. The third-order valence-corrected chi connectivity index (χ3v) is 2.28. The standard InChI is InChI=1S/C11H8N6O2/c1-18-9-3-10(19-2)16-11(15-9)17-6-14-7(4-12)8(17)5-13/h3,6H,1-2H3. The molecule has 0 bridgehead atoms. The molecule has 0 saturated heterocycles. The molecule has 0 N–H and O–H groups in total. The maximum atomic E-state index is 9.05. The van der Waals surface area contributed by atoms with Crippen LogP contribution in [0.5, 0.6) is 11.8 Å². The molecule has 2 rings (SSSR count). The van der Waals surface area contributed by atoms with Gasteiger partial charge in [-0.15, -0.1) is 0 Å². The predicted molar refractivity (Wildman–Crippen MR) is 61.7 cm³/mol. The number of hydrogen-bond donors (Lipinski definition) is 0. The fraction of sp³-hybridized carbons (Fsp3) is 0.182. The first-order chi connectivity index (χ1) is 9.23. The van der Waals surface area contributed by atoms with Gasteiger partial charge in [-0.2, -0.15) is 20.5 Å². The number of rotatable bonds is 3. The van der Waals surface area contributed by atoms with Crippen LogP contribution < -0.4 is 9.47 Å². The Balaban J connectivity index is 2.63. The van der Waals surface area contributed by atoms with Gasteiger partial charge >= 0.3 is 0 Å². The Labute approximate surface area is 108 Å². The zero-order valence-corrected chi connectivity index (χ0v) is 10.2. The van der Waals surface area contributed by atoms with Crippen LogP contribution in [-0.4, -0.2) is 33.7 Å². The highest BCUT2D eigenvalue weighted by Gasteiger charge is 2.15. The van der Waals surface area contributed by atoms with Gasteiger partial charge in [-0.25, -0.2) is 4.98 Å². The van der Waals surface area contributed by atoms with Crippen LogP contribution in [0, 0.1) is 22.7 Å². The van der Waals surface area contributed by atoms with Crippen molar-refractivity contribution in [1.29, 1.82) is 10.5 Å². The molecule has 8 heteroatoms. The number of imidazole rings is 1. The molecule has 0 aliphatic heterocycles. The first-order valence-electron chi connectivity index (χ1n) is 5.08. The zero-order valence-electron chi connectivity index (χ0n) is 10.2. The largest absolute Gasteiger partial charge is 0.481 e. The highest BCUT2D eigenvalue weighted by Crippen LogP contribution is 2.18. The molecule has 0 unspecified atom stereocenters. The van der Waals surface area contributed by atoms with Crippen LogP contribution >= 0.6 is 0 Å². The van der Waals surface area contributed by atoms with Gasteiger partial charge in [0.1, 0.15) is 18.5 Å². The van der Waals surface area contributed by atoms with Crippen molar-refractivity contribution >= 4 is 0 Å². The van der Waals surface area contributed by atoms with Gasteiger partial charge in [0.15, 0.2) is 11.4 Å².